The van der Waals surface area contributed by atoms with E-state index in [0.29, 0.717) is 11.5 Å². The van der Waals surface area contributed by atoms with E-state index < -0.39 is 0 Å². The minimum Gasteiger partial charge on any atom is -0.352 e. The van der Waals surface area contributed by atoms with Crippen molar-refractivity contribution in [3.05, 3.63) is 25.0 Å². The Morgan fingerprint density at radius 2 is 2.50 bits per heavy atom. The summed E-state index contributed by atoms with van der Waals surface area (Å²) in [6, 6.07) is 0.609. The molecule has 1 aromatic heterocycles. The van der Waals surface area contributed by atoms with Gasteiger partial charge in [-0.3, -0.25) is 0 Å². The summed E-state index contributed by atoms with van der Waals surface area (Å²) in [5.41, 5.74) is 0.436. The van der Waals surface area contributed by atoms with Crippen LogP contribution >= 0.6 is 0 Å². The Balaban J connectivity index is 2.11. The summed E-state index contributed by atoms with van der Waals surface area (Å²) in [5.74, 6) is 0.959. The summed E-state index contributed by atoms with van der Waals surface area (Å²) in [7, 11) is 0. The maximum Gasteiger partial charge on any atom is 0.203 e. The fourth-order valence-corrected chi connectivity index (χ4v) is 1.78. The number of nitrogens with one attached hydrogen (secondary N) is 1. The third-order valence-corrected chi connectivity index (χ3v) is 2.87. The molecular weight excluding hydrogens is 174 g/mol. The fraction of sp³-hybridized carbons (Fsp3) is 0.545. The highest BCUT2D eigenvalue weighted by molar-refractivity contribution is 5.29. The Hall–Kier alpha value is -1.25. The lowest BCUT2D eigenvalue weighted by Crippen LogP contribution is -2.07. The lowest BCUT2D eigenvalue weighted by molar-refractivity contribution is 0.544. The quantitative estimate of drug-likeness (QED) is 0.741. The zero-order valence-electron chi connectivity index (χ0n) is 8.83. The van der Waals surface area contributed by atoms with E-state index in [1.54, 1.807) is 0 Å². The van der Waals surface area contributed by atoms with Gasteiger partial charge in [0.15, 0.2) is 0 Å². The molecule has 14 heavy (non-hydrogen) atoms. The van der Waals surface area contributed by atoms with Gasteiger partial charge in [-0.2, -0.15) is 0 Å². The lowest BCUT2D eigenvalue weighted by Gasteiger charge is -2.09. The van der Waals surface area contributed by atoms with Crippen LogP contribution in [0.1, 0.15) is 26.3 Å². The minimum atomic E-state index is 0.436. The van der Waals surface area contributed by atoms with Gasteiger partial charge in [0.05, 0.1) is 0 Å². The number of rotatable bonds is 4. The molecule has 2 rings (SSSR count). The molecule has 1 fully saturated rings. The second-order valence-corrected chi connectivity index (χ2v) is 4.54. The van der Waals surface area contributed by atoms with Crippen LogP contribution in [0.5, 0.6) is 0 Å². The zero-order chi connectivity index (χ0) is 10.2. The summed E-state index contributed by atoms with van der Waals surface area (Å²) in [5, 5.41) is 3.24. The van der Waals surface area contributed by atoms with Gasteiger partial charge in [-0.15, -0.1) is 6.58 Å². The molecule has 0 radical (unpaired) electrons. The molecule has 0 aromatic carbocycles. The Kier molecular flexibility index (Phi) is 2.10. The molecule has 1 atom stereocenters. The van der Waals surface area contributed by atoms with E-state index in [4.69, 9.17) is 0 Å². The molecule has 0 bridgehead atoms. The predicted molar refractivity (Wildman–Crippen MR) is 58.3 cm³/mol. The number of anilines is 1. The summed E-state index contributed by atoms with van der Waals surface area (Å²) in [6.07, 6.45) is 6.98. The first-order chi connectivity index (χ1) is 6.65. The van der Waals surface area contributed by atoms with E-state index in [1.165, 1.54) is 6.42 Å². The fourth-order valence-electron chi connectivity index (χ4n) is 1.78. The van der Waals surface area contributed by atoms with E-state index in [2.05, 4.69) is 35.3 Å². The van der Waals surface area contributed by atoms with E-state index in [9.17, 15) is 0 Å². The van der Waals surface area contributed by atoms with Gasteiger partial charge in [0.25, 0.3) is 0 Å². The number of imidazole rings is 1. The van der Waals surface area contributed by atoms with Crippen molar-refractivity contribution in [3.63, 3.8) is 0 Å². The third-order valence-electron chi connectivity index (χ3n) is 2.87. The summed E-state index contributed by atoms with van der Waals surface area (Å²) in [6.45, 7) is 9.02. The molecular formula is C11H17N3. The van der Waals surface area contributed by atoms with E-state index in [-0.39, 0.29) is 0 Å². The van der Waals surface area contributed by atoms with Crippen molar-refractivity contribution in [2.24, 2.45) is 5.41 Å². The molecule has 3 heteroatoms. The first-order valence-corrected chi connectivity index (χ1v) is 5.03. The molecule has 1 heterocycles. The van der Waals surface area contributed by atoms with Crippen LogP contribution in [0.25, 0.3) is 0 Å². The maximum atomic E-state index is 4.28. The van der Waals surface area contributed by atoms with Crippen molar-refractivity contribution in [3.8, 4) is 0 Å². The molecule has 1 aliphatic carbocycles. The molecule has 0 spiro atoms. The van der Waals surface area contributed by atoms with Crippen LogP contribution in [0.3, 0.4) is 0 Å². The van der Waals surface area contributed by atoms with Gasteiger partial charge in [-0.05, 0) is 11.8 Å². The molecule has 0 aliphatic heterocycles. The molecule has 1 aromatic rings. The van der Waals surface area contributed by atoms with Gasteiger partial charge in [-0.25, -0.2) is 4.98 Å². The van der Waals surface area contributed by atoms with Crippen LogP contribution in [0.4, 0.5) is 5.95 Å². The smallest absolute Gasteiger partial charge is 0.203 e. The highest BCUT2D eigenvalue weighted by atomic mass is 15.2. The Bertz CT molecular complexity index is 338. The van der Waals surface area contributed by atoms with E-state index in [1.807, 2.05) is 18.5 Å². The van der Waals surface area contributed by atoms with Crippen LogP contribution in [0.2, 0.25) is 0 Å². The standard InChI is InChI=1S/C11H17N3/c1-4-5-12-10-13-6-7-14(10)9-8-11(9,2)3/h4,6-7,9H,1,5,8H2,2-3H3,(H,12,13). The van der Waals surface area contributed by atoms with Crippen LogP contribution in [-0.2, 0) is 0 Å². The predicted octanol–water partition coefficient (Wildman–Crippen LogP) is 2.45. The van der Waals surface area contributed by atoms with Crippen molar-refractivity contribution in [2.45, 2.75) is 26.3 Å². The van der Waals surface area contributed by atoms with Crippen molar-refractivity contribution in [2.75, 3.05) is 11.9 Å². The first-order valence-electron chi connectivity index (χ1n) is 5.03. The van der Waals surface area contributed by atoms with Crippen LogP contribution in [-0.4, -0.2) is 16.1 Å². The van der Waals surface area contributed by atoms with Gasteiger partial charge >= 0.3 is 0 Å². The van der Waals surface area contributed by atoms with Crippen molar-refractivity contribution < 1.29 is 0 Å². The molecule has 1 saturated carbocycles. The van der Waals surface area contributed by atoms with Gasteiger partial charge in [-0.1, -0.05) is 19.9 Å². The summed E-state index contributed by atoms with van der Waals surface area (Å²) in [4.78, 5) is 4.28. The van der Waals surface area contributed by atoms with Gasteiger partial charge < -0.3 is 9.88 Å². The first kappa shape index (κ1) is 9.31. The van der Waals surface area contributed by atoms with Crippen molar-refractivity contribution >= 4 is 5.95 Å². The van der Waals surface area contributed by atoms with Crippen molar-refractivity contribution in [1.82, 2.24) is 9.55 Å². The number of hydrogen-bond acceptors (Lipinski definition) is 2. The van der Waals surface area contributed by atoms with Gasteiger partial charge in [0.2, 0.25) is 5.95 Å². The van der Waals surface area contributed by atoms with Crippen LogP contribution in [0, 0.1) is 5.41 Å². The number of aromatic nitrogens is 2. The Morgan fingerprint density at radius 3 is 3.07 bits per heavy atom. The largest absolute Gasteiger partial charge is 0.352 e. The average Bonchev–Trinajstić information content (AvgIpc) is 2.62. The van der Waals surface area contributed by atoms with Crippen LogP contribution < -0.4 is 5.32 Å². The zero-order valence-corrected chi connectivity index (χ0v) is 8.83. The molecule has 3 nitrogen and oxygen atoms in total. The average molecular weight is 191 g/mol. The minimum absolute atomic E-state index is 0.436. The van der Waals surface area contributed by atoms with E-state index >= 15 is 0 Å². The number of nitrogens with zero attached hydrogens (tertiary/aromatic N) is 2. The normalized spacial score (nSPS) is 23.1. The number of hydrogen-bond donors (Lipinski definition) is 1. The molecule has 0 amide bonds. The summed E-state index contributed by atoms with van der Waals surface area (Å²) >= 11 is 0. The molecule has 0 saturated heterocycles. The molecule has 76 valence electrons. The lowest BCUT2D eigenvalue weighted by atomic mass is 10.2. The molecule has 1 aliphatic rings. The highest BCUT2D eigenvalue weighted by Crippen LogP contribution is 2.56. The van der Waals surface area contributed by atoms with Crippen LogP contribution in [0.15, 0.2) is 25.0 Å². The summed E-state index contributed by atoms with van der Waals surface area (Å²) < 4.78 is 2.23. The third kappa shape index (κ3) is 1.54. The monoisotopic (exact) mass is 191 g/mol. The highest BCUT2D eigenvalue weighted by Gasteiger charge is 2.47. The second kappa shape index (κ2) is 3.15. The second-order valence-electron chi connectivity index (χ2n) is 4.54. The SMILES string of the molecule is C=CCNc1nccn1C1CC1(C)C. The van der Waals surface area contributed by atoms with Gasteiger partial charge in [0.1, 0.15) is 0 Å². The van der Waals surface area contributed by atoms with Gasteiger partial charge in [0, 0.05) is 25.0 Å². The maximum absolute atomic E-state index is 4.28. The molecule has 1 unspecified atom stereocenters. The Labute approximate surface area is 84.8 Å². The Morgan fingerprint density at radius 1 is 1.79 bits per heavy atom. The van der Waals surface area contributed by atoms with E-state index in [0.717, 1.165) is 12.5 Å². The molecule has 1 N–H and O–H groups in total. The van der Waals surface area contributed by atoms with Crippen molar-refractivity contribution in [1.29, 1.82) is 0 Å². The topological polar surface area (TPSA) is 29.9 Å².